The lowest BCUT2D eigenvalue weighted by molar-refractivity contribution is -0.124. The summed E-state index contributed by atoms with van der Waals surface area (Å²) in [5.41, 5.74) is 0.385. The van der Waals surface area contributed by atoms with E-state index in [0.29, 0.717) is 28.2 Å². The van der Waals surface area contributed by atoms with Crippen molar-refractivity contribution in [3.05, 3.63) is 53.3 Å². The van der Waals surface area contributed by atoms with Crippen molar-refractivity contribution in [3.63, 3.8) is 0 Å². The van der Waals surface area contributed by atoms with Gasteiger partial charge in [-0.15, -0.1) is 0 Å². The molecule has 8 nitrogen and oxygen atoms in total. The van der Waals surface area contributed by atoms with Crippen LogP contribution in [0.25, 0.3) is 0 Å². The number of aromatic nitrogens is 2. The molecule has 2 heterocycles. The van der Waals surface area contributed by atoms with Crippen LogP contribution in [0, 0.1) is 35.5 Å². The Morgan fingerprint density at radius 1 is 1.09 bits per heavy atom. The molecule has 2 aromatic rings. The molecule has 1 saturated heterocycles. The van der Waals surface area contributed by atoms with E-state index < -0.39 is 0 Å². The normalized spacial score (nSPS) is 30.8. The number of allylic oxidation sites excluding steroid dienone is 2. The van der Waals surface area contributed by atoms with Gasteiger partial charge in [-0.05, 0) is 48.3 Å². The Labute approximate surface area is 194 Å². The van der Waals surface area contributed by atoms with Crippen LogP contribution in [0.1, 0.15) is 16.8 Å². The predicted octanol–water partition coefficient (Wildman–Crippen LogP) is 2.96. The number of Topliss-reactive ketones (excluding diaryl/α,β-unsaturated/α-hetero) is 1. The highest BCUT2D eigenvalue weighted by molar-refractivity contribution is 6.32. The molecule has 2 unspecified atom stereocenters. The molecule has 0 N–H and O–H groups in total. The van der Waals surface area contributed by atoms with Crippen LogP contribution >= 0.6 is 11.6 Å². The van der Waals surface area contributed by atoms with E-state index in [9.17, 15) is 14.4 Å². The molecule has 6 atom stereocenters. The number of ether oxygens (including phenoxy) is 2. The van der Waals surface area contributed by atoms with E-state index in [0.717, 1.165) is 11.3 Å². The Hall–Kier alpha value is -3.26. The number of ketones is 1. The van der Waals surface area contributed by atoms with Crippen molar-refractivity contribution in [2.75, 3.05) is 18.6 Å². The molecule has 4 aliphatic carbocycles. The average molecular weight is 466 g/mol. The minimum absolute atomic E-state index is 0.0492. The molecule has 1 aromatic carbocycles. The van der Waals surface area contributed by atoms with Crippen LogP contribution in [0.4, 0.5) is 5.95 Å². The highest BCUT2D eigenvalue weighted by atomic mass is 35.5. The predicted molar refractivity (Wildman–Crippen MR) is 117 cm³/mol. The molecule has 2 bridgehead atoms. The lowest BCUT2D eigenvalue weighted by atomic mass is 9.63. The van der Waals surface area contributed by atoms with Crippen molar-refractivity contribution in [2.24, 2.45) is 35.5 Å². The lowest BCUT2D eigenvalue weighted by Gasteiger charge is -2.37. The van der Waals surface area contributed by atoms with Gasteiger partial charge in [-0.2, -0.15) is 0 Å². The van der Waals surface area contributed by atoms with Crippen molar-refractivity contribution >= 4 is 35.1 Å². The van der Waals surface area contributed by atoms with E-state index >= 15 is 0 Å². The second-order valence-electron chi connectivity index (χ2n) is 8.95. The molecule has 168 valence electrons. The number of hydrogen-bond acceptors (Lipinski definition) is 7. The van der Waals surface area contributed by atoms with Crippen LogP contribution in [0.5, 0.6) is 11.5 Å². The van der Waals surface area contributed by atoms with E-state index in [1.54, 1.807) is 12.1 Å². The molecule has 2 amide bonds. The number of amides is 2. The van der Waals surface area contributed by atoms with Gasteiger partial charge in [0.1, 0.15) is 5.75 Å². The van der Waals surface area contributed by atoms with Crippen LogP contribution in [-0.2, 0) is 9.59 Å². The molecular formula is C24H20ClN3O5. The van der Waals surface area contributed by atoms with Gasteiger partial charge in [0, 0.05) is 5.56 Å². The molecule has 0 radical (unpaired) electrons. The van der Waals surface area contributed by atoms with Crippen LogP contribution in [-0.4, -0.2) is 41.3 Å². The number of anilines is 1. The van der Waals surface area contributed by atoms with E-state index in [1.807, 2.05) is 0 Å². The van der Waals surface area contributed by atoms with Gasteiger partial charge in [-0.1, -0.05) is 23.8 Å². The van der Waals surface area contributed by atoms with Gasteiger partial charge < -0.3 is 9.47 Å². The van der Waals surface area contributed by atoms with Crippen LogP contribution < -0.4 is 14.4 Å². The largest absolute Gasteiger partial charge is 0.495 e. The molecule has 9 heteroatoms. The minimum Gasteiger partial charge on any atom is -0.495 e. The summed E-state index contributed by atoms with van der Waals surface area (Å²) in [6.07, 6.45) is 8.09. The van der Waals surface area contributed by atoms with Crippen molar-refractivity contribution in [1.29, 1.82) is 0 Å². The third-order valence-corrected chi connectivity index (χ3v) is 7.62. The van der Waals surface area contributed by atoms with E-state index in [2.05, 4.69) is 22.1 Å². The molecule has 0 spiro atoms. The van der Waals surface area contributed by atoms with Crippen LogP contribution in [0.3, 0.4) is 0 Å². The van der Waals surface area contributed by atoms with E-state index in [4.69, 9.17) is 21.1 Å². The number of rotatable bonds is 6. The maximum atomic E-state index is 13.1. The summed E-state index contributed by atoms with van der Waals surface area (Å²) in [6, 6.07) is 4.73. The summed E-state index contributed by atoms with van der Waals surface area (Å²) in [6.45, 7) is -0.241. The Morgan fingerprint density at radius 2 is 1.73 bits per heavy atom. The standard InChI is InChI=1S/C24H20ClN3O5/c1-32-19-5-2-11(6-17(19)25)18(29)10-33-12-8-26-24(27-9-12)28-22(30)20-13-3-4-14(16-7-15(13)16)21(20)23(28)31/h2-6,8-9,13-16,20-21H,7,10H2,1H3/t13-,14+,15?,16?,20-,21+. The van der Waals surface area contributed by atoms with Crippen molar-refractivity contribution < 1.29 is 23.9 Å². The van der Waals surface area contributed by atoms with E-state index in [1.165, 1.54) is 25.6 Å². The van der Waals surface area contributed by atoms with Crippen LogP contribution in [0.2, 0.25) is 5.02 Å². The highest BCUT2D eigenvalue weighted by Crippen LogP contribution is 2.65. The zero-order valence-corrected chi connectivity index (χ0v) is 18.4. The quantitative estimate of drug-likeness (QED) is 0.367. The molecule has 33 heavy (non-hydrogen) atoms. The van der Waals surface area contributed by atoms with Gasteiger partial charge in [0.05, 0.1) is 36.4 Å². The monoisotopic (exact) mass is 465 g/mol. The first kappa shape index (κ1) is 20.4. The fourth-order valence-electron chi connectivity index (χ4n) is 5.73. The summed E-state index contributed by atoms with van der Waals surface area (Å²) in [7, 11) is 1.50. The van der Waals surface area contributed by atoms with Gasteiger partial charge in [-0.25, -0.2) is 14.9 Å². The number of methoxy groups -OCH3 is 1. The number of hydrogen-bond donors (Lipinski definition) is 0. The smallest absolute Gasteiger partial charge is 0.240 e. The van der Waals surface area contributed by atoms with Gasteiger partial charge >= 0.3 is 0 Å². The fourth-order valence-corrected chi connectivity index (χ4v) is 5.98. The molecule has 3 fully saturated rings. The summed E-state index contributed by atoms with van der Waals surface area (Å²) in [4.78, 5) is 48.2. The minimum atomic E-state index is -0.301. The van der Waals surface area contributed by atoms with Gasteiger partial charge in [-0.3, -0.25) is 14.4 Å². The molecule has 7 rings (SSSR count). The number of carbonyl (C=O) groups excluding carboxylic acids is 3. The maximum absolute atomic E-state index is 13.1. The Bertz CT molecular complexity index is 1180. The summed E-state index contributed by atoms with van der Waals surface area (Å²) < 4.78 is 10.6. The molecule has 2 saturated carbocycles. The third kappa shape index (κ3) is 3.08. The third-order valence-electron chi connectivity index (χ3n) is 7.32. The van der Waals surface area contributed by atoms with Gasteiger partial charge in [0.25, 0.3) is 0 Å². The second kappa shape index (κ2) is 7.38. The van der Waals surface area contributed by atoms with Gasteiger partial charge in [0.15, 0.2) is 18.1 Å². The summed E-state index contributed by atoms with van der Waals surface area (Å²) in [5.74, 6) is 0.834. The molecule has 1 aliphatic heterocycles. The summed E-state index contributed by atoms with van der Waals surface area (Å²) >= 11 is 6.07. The lowest BCUT2D eigenvalue weighted by Crippen LogP contribution is -2.40. The maximum Gasteiger partial charge on any atom is 0.240 e. The molecule has 1 aromatic heterocycles. The number of imide groups is 1. The number of nitrogens with zero attached hydrogens (tertiary/aromatic N) is 3. The Balaban J connectivity index is 1.14. The van der Waals surface area contributed by atoms with Crippen molar-refractivity contribution in [2.45, 2.75) is 6.42 Å². The topological polar surface area (TPSA) is 98.7 Å². The fraction of sp³-hybridized carbons (Fsp3) is 0.375. The highest BCUT2D eigenvalue weighted by Gasteiger charge is 2.67. The van der Waals surface area contributed by atoms with Crippen molar-refractivity contribution in [3.8, 4) is 11.5 Å². The SMILES string of the molecule is COc1ccc(C(=O)COc2cnc(N3C(=O)[C@@H]4[C@H](C3=O)[C@@H]3C=C[C@H]4C4CC43)nc2)cc1Cl. The zero-order chi connectivity index (χ0) is 22.9. The first-order valence-corrected chi connectivity index (χ1v) is 11.2. The Morgan fingerprint density at radius 3 is 2.30 bits per heavy atom. The van der Waals surface area contributed by atoms with Gasteiger partial charge in [0.2, 0.25) is 17.8 Å². The number of carbonyl (C=O) groups is 3. The molecule has 5 aliphatic rings. The average Bonchev–Trinajstić information content (AvgIpc) is 3.61. The Kier molecular flexibility index (Phi) is 4.55. The molecular weight excluding hydrogens is 446 g/mol. The van der Waals surface area contributed by atoms with E-state index in [-0.39, 0.29) is 59.6 Å². The summed E-state index contributed by atoms with van der Waals surface area (Å²) in [5, 5.41) is 0.331. The number of benzene rings is 1. The zero-order valence-electron chi connectivity index (χ0n) is 17.7. The first-order valence-electron chi connectivity index (χ1n) is 10.9. The first-order chi connectivity index (χ1) is 16.0. The second-order valence-corrected chi connectivity index (χ2v) is 9.35. The van der Waals surface area contributed by atoms with Crippen LogP contribution in [0.15, 0.2) is 42.7 Å². The number of halogens is 1. The van der Waals surface area contributed by atoms with Crippen molar-refractivity contribution in [1.82, 2.24) is 9.97 Å².